The van der Waals surface area contributed by atoms with E-state index >= 15 is 0 Å². The van der Waals surface area contributed by atoms with Crippen molar-refractivity contribution in [1.29, 1.82) is 0 Å². The molecule has 0 aliphatic carbocycles. The van der Waals surface area contributed by atoms with Crippen LogP contribution in [0.15, 0.2) is 66.2 Å². The minimum atomic E-state index is -0.315. The van der Waals surface area contributed by atoms with Crippen LogP contribution < -0.4 is 15.5 Å². The van der Waals surface area contributed by atoms with Crippen molar-refractivity contribution in [3.05, 3.63) is 71.9 Å². The molecule has 2 aromatic heterocycles. The van der Waals surface area contributed by atoms with Crippen molar-refractivity contribution in [1.82, 2.24) is 25.5 Å². The van der Waals surface area contributed by atoms with E-state index in [0.717, 1.165) is 29.2 Å². The van der Waals surface area contributed by atoms with Crippen molar-refractivity contribution < 1.29 is 4.79 Å². The van der Waals surface area contributed by atoms with Gasteiger partial charge in [-0.2, -0.15) is 0 Å². The number of anilines is 2. The Balaban J connectivity index is 1.69. The topological polar surface area (TPSA) is 95.9 Å². The Morgan fingerprint density at radius 3 is 2.59 bits per heavy atom. The summed E-state index contributed by atoms with van der Waals surface area (Å²) in [5.74, 6) is 0.864. The van der Waals surface area contributed by atoms with Crippen LogP contribution in [0.2, 0.25) is 0 Å². The number of likely N-dealkylation sites (N-methyl/N-ethyl adjacent to an activating group) is 2. The summed E-state index contributed by atoms with van der Waals surface area (Å²) in [7, 11) is 3.85. The zero-order chi connectivity index (χ0) is 22.3. The molecule has 9 heteroatoms. The fourth-order valence-corrected chi connectivity index (χ4v) is 3.71. The van der Waals surface area contributed by atoms with Gasteiger partial charge in [-0.15, -0.1) is 10.2 Å². The standard InChI is InChI=1S/C23H23N7OS/c1-24-12-13-30(2)20-14-19(26-21(28-20)16-8-4-3-5-9-16)22(31)27-18-11-7-6-10-17(18)23-29-25-15-32-23/h3-11,14-15,24H,12-13H2,1-2H3,(H,27,31). The van der Waals surface area contributed by atoms with E-state index in [4.69, 9.17) is 4.98 Å². The van der Waals surface area contributed by atoms with Gasteiger partial charge in [0.15, 0.2) is 5.82 Å². The molecule has 32 heavy (non-hydrogen) atoms. The second-order valence-corrected chi connectivity index (χ2v) is 7.90. The van der Waals surface area contributed by atoms with Gasteiger partial charge in [0.1, 0.15) is 22.0 Å². The molecule has 0 saturated heterocycles. The number of nitrogens with zero attached hydrogens (tertiary/aromatic N) is 5. The number of hydrogen-bond acceptors (Lipinski definition) is 8. The highest BCUT2D eigenvalue weighted by Crippen LogP contribution is 2.29. The lowest BCUT2D eigenvalue weighted by molar-refractivity contribution is 0.102. The molecule has 4 aromatic rings. The average Bonchev–Trinajstić information content (AvgIpc) is 3.38. The first-order valence-electron chi connectivity index (χ1n) is 10.1. The van der Waals surface area contributed by atoms with Crippen LogP contribution in [0.25, 0.3) is 22.0 Å². The third-order valence-corrected chi connectivity index (χ3v) is 5.56. The molecule has 2 heterocycles. The van der Waals surface area contributed by atoms with Crippen LogP contribution >= 0.6 is 11.3 Å². The number of amides is 1. The van der Waals surface area contributed by atoms with Crippen LogP contribution in [0.1, 0.15) is 10.5 Å². The first-order valence-corrected chi connectivity index (χ1v) is 11.0. The second kappa shape index (κ2) is 10.1. The highest BCUT2D eigenvalue weighted by atomic mass is 32.1. The SMILES string of the molecule is CNCCN(C)c1cc(C(=O)Nc2ccccc2-c2nncs2)nc(-c2ccccc2)n1. The summed E-state index contributed by atoms with van der Waals surface area (Å²) in [6.07, 6.45) is 0. The monoisotopic (exact) mass is 445 g/mol. The second-order valence-electron chi connectivity index (χ2n) is 7.07. The summed E-state index contributed by atoms with van der Waals surface area (Å²) in [5, 5.41) is 14.9. The van der Waals surface area contributed by atoms with Crippen molar-refractivity contribution in [2.45, 2.75) is 0 Å². The lowest BCUT2D eigenvalue weighted by atomic mass is 10.1. The minimum absolute atomic E-state index is 0.289. The molecule has 0 radical (unpaired) electrons. The molecule has 162 valence electrons. The molecule has 0 spiro atoms. The summed E-state index contributed by atoms with van der Waals surface area (Å²) >= 11 is 1.42. The summed E-state index contributed by atoms with van der Waals surface area (Å²) < 4.78 is 0. The van der Waals surface area contributed by atoms with Crippen molar-refractivity contribution >= 4 is 28.7 Å². The number of para-hydroxylation sites is 1. The van der Waals surface area contributed by atoms with E-state index in [1.54, 1.807) is 11.6 Å². The van der Waals surface area contributed by atoms with E-state index in [1.807, 2.05) is 73.6 Å². The lowest BCUT2D eigenvalue weighted by Gasteiger charge is -2.19. The van der Waals surface area contributed by atoms with E-state index in [0.29, 0.717) is 17.3 Å². The van der Waals surface area contributed by atoms with Gasteiger partial charge < -0.3 is 15.5 Å². The Bertz CT molecular complexity index is 1180. The fourth-order valence-electron chi connectivity index (χ4n) is 3.11. The molecule has 0 fully saturated rings. The fraction of sp³-hybridized carbons (Fsp3) is 0.174. The molecule has 2 aromatic carbocycles. The molecule has 8 nitrogen and oxygen atoms in total. The molecule has 2 N–H and O–H groups in total. The number of nitrogens with one attached hydrogen (secondary N) is 2. The van der Waals surface area contributed by atoms with Crippen molar-refractivity contribution in [2.75, 3.05) is 37.4 Å². The zero-order valence-corrected chi connectivity index (χ0v) is 18.6. The summed E-state index contributed by atoms with van der Waals surface area (Å²) in [5.41, 5.74) is 4.26. The van der Waals surface area contributed by atoms with Crippen LogP contribution in [-0.2, 0) is 0 Å². The van der Waals surface area contributed by atoms with Gasteiger partial charge in [0.25, 0.3) is 5.91 Å². The first-order chi connectivity index (χ1) is 15.7. The Morgan fingerprint density at radius 1 is 1.06 bits per heavy atom. The first kappa shape index (κ1) is 21.5. The van der Waals surface area contributed by atoms with Crippen molar-refractivity contribution in [3.8, 4) is 22.0 Å². The van der Waals surface area contributed by atoms with E-state index in [2.05, 4.69) is 25.8 Å². The Kier molecular flexibility index (Phi) is 6.78. The van der Waals surface area contributed by atoms with Crippen molar-refractivity contribution in [2.24, 2.45) is 0 Å². The van der Waals surface area contributed by atoms with Crippen LogP contribution in [0.4, 0.5) is 11.5 Å². The number of carbonyl (C=O) groups is 1. The van der Waals surface area contributed by atoms with Gasteiger partial charge in [0, 0.05) is 37.3 Å². The maximum Gasteiger partial charge on any atom is 0.274 e. The lowest BCUT2D eigenvalue weighted by Crippen LogP contribution is -2.28. The quantitative estimate of drug-likeness (QED) is 0.428. The molecular weight excluding hydrogens is 422 g/mol. The maximum atomic E-state index is 13.2. The minimum Gasteiger partial charge on any atom is -0.358 e. The highest BCUT2D eigenvalue weighted by molar-refractivity contribution is 7.12. The van der Waals surface area contributed by atoms with Gasteiger partial charge in [-0.3, -0.25) is 4.79 Å². The molecule has 0 atom stereocenters. The van der Waals surface area contributed by atoms with Gasteiger partial charge in [0.2, 0.25) is 0 Å². The molecule has 0 bridgehead atoms. The van der Waals surface area contributed by atoms with Gasteiger partial charge in [0.05, 0.1) is 5.69 Å². The molecule has 4 rings (SSSR count). The Labute approximate surface area is 190 Å². The Hall–Kier alpha value is -3.69. The number of rotatable bonds is 8. The normalized spacial score (nSPS) is 10.7. The van der Waals surface area contributed by atoms with Crippen LogP contribution in [0, 0.1) is 0 Å². The number of benzene rings is 2. The van der Waals surface area contributed by atoms with E-state index in [9.17, 15) is 4.79 Å². The predicted octanol–water partition coefficient (Wildman–Crippen LogP) is 3.57. The third kappa shape index (κ3) is 4.96. The van der Waals surface area contributed by atoms with E-state index in [1.165, 1.54) is 11.3 Å². The zero-order valence-electron chi connectivity index (χ0n) is 17.8. The van der Waals surface area contributed by atoms with Crippen LogP contribution in [0.3, 0.4) is 0 Å². The molecule has 0 unspecified atom stereocenters. The van der Waals surface area contributed by atoms with Gasteiger partial charge in [-0.1, -0.05) is 53.8 Å². The molecule has 0 aliphatic rings. The van der Waals surface area contributed by atoms with Gasteiger partial charge in [-0.05, 0) is 19.2 Å². The highest BCUT2D eigenvalue weighted by Gasteiger charge is 2.17. The third-order valence-electron chi connectivity index (χ3n) is 4.83. The molecular formula is C23H23N7OS. The van der Waals surface area contributed by atoms with Crippen LogP contribution in [0.5, 0.6) is 0 Å². The smallest absolute Gasteiger partial charge is 0.274 e. The van der Waals surface area contributed by atoms with E-state index < -0.39 is 0 Å². The molecule has 0 aliphatic heterocycles. The predicted molar refractivity (Wildman–Crippen MR) is 128 cm³/mol. The van der Waals surface area contributed by atoms with Crippen LogP contribution in [-0.4, -0.2) is 53.3 Å². The molecule has 0 saturated carbocycles. The van der Waals surface area contributed by atoms with E-state index in [-0.39, 0.29) is 11.6 Å². The summed E-state index contributed by atoms with van der Waals surface area (Å²) in [6, 6.07) is 18.9. The van der Waals surface area contributed by atoms with Gasteiger partial charge >= 0.3 is 0 Å². The average molecular weight is 446 g/mol. The largest absolute Gasteiger partial charge is 0.358 e. The number of carbonyl (C=O) groups excluding carboxylic acids is 1. The summed E-state index contributed by atoms with van der Waals surface area (Å²) in [4.78, 5) is 24.5. The maximum absolute atomic E-state index is 13.2. The molecule has 1 amide bonds. The van der Waals surface area contributed by atoms with Crippen molar-refractivity contribution in [3.63, 3.8) is 0 Å². The number of aromatic nitrogens is 4. The summed E-state index contributed by atoms with van der Waals surface area (Å²) in [6.45, 7) is 1.53. The Morgan fingerprint density at radius 2 is 1.84 bits per heavy atom. The number of hydrogen-bond donors (Lipinski definition) is 2. The van der Waals surface area contributed by atoms with Gasteiger partial charge in [-0.25, -0.2) is 9.97 Å².